The molecule has 24 heavy (non-hydrogen) atoms. The van der Waals surface area contributed by atoms with Gasteiger partial charge in [-0.25, -0.2) is 5.06 Å². The van der Waals surface area contributed by atoms with Gasteiger partial charge in [0.05, 0.1) is 6.04 Å². The first-order chi connectivity index (χ1) is 11.6. The highest BCUT2D eigenvalue weighted by atomic mass is 35.5. The van der Waals surface area contributed by atoms with Crippen molar-refractivity contribution in [1.29, 1.82) is 5.26 Å². The smallest absolute Gasteiger partial charge is 0.340 e. The van der Waals surface area contributed by atoms with Gasteiger partial charge < -0.3 is 10.1 Å². The van der Waals surface area contributed by atoms with Gasteiger partial charge in [0, 0.05) is 6.54 Å². The van der Waals surface area contributed by atoms with Crippen molar-refractivity contribution in [2.24, 2.45) is 0 Å². The summed E-state index contributed by atoms with van der Waals surface area (Å²) >= 11 is 5.62. The van der Waals surface area contributed by atoms with Crippen LogP contribution in [0.4, 0.5) is 4.79 Å². The molecular formula is C16H18ClN3O4. The Morgan fingerprint density at radius 1 is 1.33 bits per heavy atom. The van der Waals surface area contributed by atoms with E-state index in [1.165, 1.54) is 0 Å². The van der Waals surface area contributed by atoms with Gasteiger partial charge in [-0.3, -0.25) is 14.4 Å². The second-order valence-corrected chi connectivity index (χ2v) is 5.62. The van der Waals surface area contributed by atoms with Gasteiger partial charge in [0.2, 0.25) is 0 Å². The lowest BCUT2D eigenvalue weighted by atomic mass is 10.0. The molecule has 1 N–H and O–H groups in total. The van der Waals surface area contributed by atoms with Crippen molar-refractivity contribution in [3.63, 3.8) is 0 Å². The largest absolute Gasteiger partial charge is 0.449 e. The maximum atomic E-state index is 11.7. The van der Waals surface area contributed by atoms with Crippen LogP contribution in [0.5, 0.6) is 0 Å². The molecule has 0 unspecified atom stereocenters. The molecule has 0 spiro atoms. The lowest BCUT2D eigenvalue weighted by Gasteiger charge is -2.34. The predicted octanol–water partition coefficient (Wildman–Crippen LogP) is 1.97. The Bertz CT molecular complexity index is 597. The molecule has 0 bridgehead atoms. The normalized spacial score (nSPS) is 20.0. The number of carbonyl (C=O) groups excluding carboxylic acids is 2. The number of benzene rings is 1. The summed E-state index contributed by atoms with van der Waals surface area (Å²) in [6.45, 7) is 0.302. The highest BCUT2D eigenvalue weighted by molar-refractivity contribution is 6.62. The van der Waals surface area contributed by atoms with Crippen molar-refractivity contribution in [1.82, 2.24) is 10.4 Å². The number of nitrogens with zero attached hydrogens (tertiary/aromatic N) is 2. The maximum Gasteiger partial charge on any atom is 0.340 e. The average Bonchev–Trinajstić information content (AvgIpc) is 2.61. The highest BCUT2D eigenvalue weighted by Crippen LogP contribution is 2.18. The van der Waals surface area contributed by atoms with Gasteiger partial charge in [0.25, 0.3) is 0 Å². The molecule has 1 aromatic carbocycles. The molecule has 0 saturated carbocycles. The van der Waals surface area contributed by atoms with Crippen LogP contribution in [0.15, 0.2) is 30.3 Å². The molecule has 2 rings (SSSR count). The summed E-state index contributed by atoms with van der Waals surface area (Å²) in [4.78, 5) is 28.9. The molecule has 0 aliphatic carbocycles. The molecule has 128 valence electrons. The Labute approximate surface area is 145 Å². The fourth-order valence-electron chi connectivity index (χ4n) is 2.46. The third-order valence-corrected chi connectivity index (χ3v) is 3.84. The monoisotopic (exact) mass is 351 g/mol. The molecule has 1 aliphatic rings. The van der Waals surface area contributed by atoms with Gasteiger partial charge in [-0.1, -0.05) is 30.3 Å². The van der Waals surface area contributed by atoms with Crippen LogP contribution in [0.2, 0.25) is 0 Å². The number of halogens is 1. The van der Waals surface area contributed by atoms with E-state index >= 15 is 0 Å². The number of rotatable bonds is 6. The van der Waals surface area contributed by atoms with Crippen molar-refractivity contribution >= 4 is 22.9 Å². The molecule has 1 aromatic rings. The molecule has 7 nitrogen and oxygen atoms in total. The van der Waals surface area contributed by atoms with E-state index in [0.29, 0.717) is 19.4 Å². The number of esters is 1. The number of amides is 1. The van der Waals surface area contributed by atoms with E-state index in [-0.39, 0.29) is 19.3 Å². The Kier molecular flexibility index (Phi) is 7.00. The Morgan fingerprint density at radius 3 is 2.67 bits per heavy atom. The number of piperidine rings is 1. The van der Waals surface area contributed by atoms with E-state index in [0.717, 1.165) is 10.6 Å². The number of nitrogens with one attached hydrogen (secondary N) is 1. The predicted molar refractivity (Wildman–Crippen MR) is 85.7 cm³/mol. The third kappa shape index (κ3) is 5.20. The van der Waals surface area contributed by atoms with E-state index in [9.17, 15) is 9.59 Å². The second kappa shape index (κ2) is 9.23. The summed E-state index contributed by atoms with van der Waals surface area (Å²) in [7, 11) is 0. The van der Waals surface area contributed by atoms with Crippen LogP contribution < -0.4 is 5.32 Å². The maximum absolute atomic E-state index is 11.7. The zero-order valence-corrected chi connectivity index (χ0v) is 13.7. The summed E-state index contributed by atoms with van der Waals surface area (Å²) < 4.78 is 4.78. The summed E-state index contributed by atoms with van der Waals surface area (Å²) in [5.74, 6) is -0.469. The average molecular weight is 352 g/mol. The summed E-state index contributed by atoms with van der Waals surface area (Å²) in [6.07, 6.45) is 0.997. The van der Waals surface area contributed by atoms with Gasteiger partial charge in [0.15, 0.2) is 6.61 Å². The number of hydroxylamine groups is 2. The van der Waals surface area contributed by atoms with Crippen molar-refractivity contribution in [2.45, 2.75) is 31.5 Å². The minimum absolute atomic E-state index is 0.226. The van der Waals surface area contributed by atoms with E-state index in [1.807, 2.05) is 30.3 Å². The Hall–Kier alpha value is -2.14. The van der Waals surface area contributed by atoms with Gasteiger partial charge in [-0.2, -0.15) is 5.26 Å². The molecule has 1 fully saturated rings. The van der Waals surface area contributed by atoms with Crippen LogP contribution in [-0.2, 0) is 21.0 Å². The van der Waals surface area contributed by atoms with Crippen LogP contribution in [0.25, 0.3) is 0 Å². The highest BCUT2D eigenvalue weighted by Gasteiger charge is 2.32. The fraction of sp³-hybridized carbons (Fsp3) is 0.438. The van der Waals surface area contributed by atoms with E-state index < -0.39 is 17.4 Å². The SMILES string of the molecule is N#CCOC(=O)[C@@H]1CC[C@@H](N(OCc2ccccc2)C(=O)Cl)CN1. The number of ether oxygens (including phenoxy) is 1. The first-order valence-electron chi connectivity index (χ1n) is 7.54. The molecule has 2 atom stereocenters. The minimum Gasteiger partial charge on any atom is -0.449 e. The molecule has 1 amide bonds. The topological polar surface area (TPSA) is 91.7 Å². The standard InChI is InChI=1S/C16H18ClN3O4/c17-16(22)20(24-11-12-4-2-1-3-5-12)13-6-7-14(19-10-13)15(21)23-9-8-18/h1-5,13-14,19H,6-7,9-11H2/t13-,14+/m1/s1. The van der Waals surface area contributed by atoms with Crippen LogP contribution >= 0.6 is 11.6 Å². The van der Waals surface area contributed by atoms with Crippen molar-refractivity contribution < 1.29 is 19.2 Å². The Morgan fingerprint density at radius 2 is 2.08 bits per heavy atom. The zero-order chi connectivity index (χ0) is 17.4. The minimum atomic E-state index is -0.705. The van der Waals surface area contributed by atoms with Crippen molar-refractivity contribution in [3.8, 4) is 6.07 Å². The summed E-state index contributed by atoms with van der Waals surface area (Å²) in [5, 5.41) is 11.8. The molecule has 1 saturated heterocycles. The molecule has 1 heterocycles. The first-order valence-corrected chi connectivity index (χ1v) is 7.92. The first kappa shape index (κ1) is 18.2. The van der Waals surface area contributed by atoms with Crippen LogP contribution in [0.1, 0.15) is 18.4 Å². The Balaban J connectivity index is 1.86. The van der Waals surface area contributed by atoms with Crippen molar-refractivity contribution in [3.05, 3.63) is 35.9 Å². The van der Waals surface area contributed by atoms with Crippen molar-refractivity contribution in [2.75, 3.05) is 13.2 Å². The number of carbonyl (C=O) groups is 2. The number of nitriles is 1. The second-order valence-electron chi connectivity index (χ2n) is 5.30. The number of hydrogen-bond acceptors (Lipinski definition) is 6. The quantitative estimate of drug-likeness (QED) is 0.364. The van der Waals surface area contributed by atoms with Crippen LogP contribution in [-0.4, -0.2) is 41.6 Å². The molecule has 1 aliphatic heterocycles. The molecule has 8 heteroatoms. The molecule has 0 aromatic heterocycles. The third-order valence-electron chi connectivity index (χ3n) is 3.67. The van der Waals surface area contributed by atoms with Gasteiger partial charge in [-0.05, 0) is 30.0 Å². The van der Waals surface area contributed by atoms with Gasteiger partial charge in [-0.15, -0.1) is 0 Å². The van der Waals surface area contributed by atoms with Crippen LogP contribution in [0.3, 0.4) is 0 Å². The van der Waals surface area contributed by atoms with Crippen LogP contribution in [0, 0.1) is 11.3 Å². The van der Waals surface area contributed by atoms with E-state index in [1.54, 1.807) is 6.07 Å². The lowest BCUT2D eigenvalue weighted by molar-refractivity contribution is -0.157. The molecular weight excluding hydrogens is 334 g/mol. The van der Waals surface area contributed by atoms with Gasteiger partial charge in [0.1, 0.15) is 18.7 Å². The fourth-order valence-corrected chi connectivity index (χ4v) is 2.65. The molecule has 0 radical (unpaired) electrons. The summed E-state index contributed by atoms with van der Waals surface area (Å²) in [5.41, 5.74) is 0.919. The van der Waals surface area contributed by atoms with E-state index in [2.05, 4.69) is 5.32 Å². The van der Waals surface area contributed by atoms with E-state index in [4.69, 9.17) is 26.4 Å². The lowest BCUT2D eigenvalue weighted by Crippen LogP contribution is -2.53. The number of hydrogen-bond donors (Lipinski definition) is 1. The zero-order valence-electron chi connectivity index (χ0n) is 13.0. The summed E-state index contributed by atoms with van der Waals surface area (Å²) in [6, 6.07) is 10.4. The van der Waals surface area contributed by atoms with Gasteiger partial charge >= 0.3 is 11.3 Å².